The molecule has 100 valence electrons. The van der Waals surface area contributed by atoms with Crippen molar-refractivity contribution in [2.24, 2.45) is 0 Å². The van der Waals surface area contributed by atoms with Crippen LogP contribution in [0.4, 0.5) is 18.9 Å². The van der Waals surface area contributed by atoms with Crippen LogP contribution >= 0.6 is 15.9 Å². The number of carboxylic acids is 1. The third-order valence-corrected chi connectivity index (χ3v) is 2.55. The van der Waals surface area contributed by atoms with Crippen LogP contribution in [-0.4, -0.2) is 22.5 Å². The summed E-state index contributed by atoms with van der Waals surface area (Å²) in [5.74, 6) is -2.32. The zero-order valence-corrected chi connectivity index (χ0v) is 10.1. The van der Waals surface area contributed by atoms with Crippen molar-refractivity contribution in [3.05, 3.63) is 22.2 Å². The van der Waals surface area contributed by atoms with Crippen molar-refractivity contribution in [3.63, 3.8) is 0 Å². The Morgan fingerprint density at radius 3 is 2.44 bits per heavy atom. The highest BCUT2D eigenvalue weighted by Gasteiger charge is 2.32. The number of rotatable bonds is 3. The molecule has 0 radical (unpaired) electrons. The molecule has 0 spiro atoms. The maximum Gasteiger partial charge on any atom is 0.573 e. The maximum atomic E-state index is 12.0. The number of benzene rings is 1. The number of aliphatic hydroxyl groups is 1. The van der Waals surface area contributed by atoms with E-state index in [9.17, 15) is 23.1 Å². The van der Waals surface area contributed by atoms with Gasteiger partial charge in [0, 0.05) is 10.0 Å². The van der Waals surface area contributed by atoms with E-state index in [0.29, 0.717) is 6.07 Å². The molecule has 1 aromatic carbocycles. The van der Waals surface area contributed by atoms with Gasteiger partial charge in [-0.25, -0.2) is 4.79 Å². The topological polar surface area (TPSA) is 92.8 Å². The number of aliphatic carboxylic acids is 1. The number of ether oxygens (including phenoxy) is 1. The Morgan fingerprint density at radius 2 is 2.00 bits per heavy atom. The normalized spacial score (nSPS) is 13.2. The largest absolute Gasteiger partial charge is 0.573 e. The van der Waals surface area contributed by atoms with Crippen LogP contribution in [0.3, 0.4) is 0 Å². The number of carbonyl (C=O) groups is 1. The Morgan fingerprint density at radius 1 is 1.44 bits per heavy atom. The van der Waals surface area contributed by atoms with Crippen LogP contribution in [0, 0.1) is 0 Å². The monoisotopic (exact) mass is 329 g/mol. The number of aliphatic hydroxyl groups excluding tert-OH is 1. The minimum Gasteiger partial charge on any atom is -0.479 e. The summed E-state index contributed by atoms with van der Waals surface area (Å²) in [4.78, 5) is 10.6. The molecule has 1 atom stereocenters. The molecule has 18 heavy (non-hydrogen) atoms. The van der Waals surface area contributed by atoms with Gasteiger partial charge < -0.3 is 20.7 Å². The first-order valence-corrected chi connectivity index (χ1v) is 5.16. The number of nitrogens with two attached hydrogens (primary N) is 1. The first-order valence-electron chi connectivity index (χ1n) is 4.37. The molecule has 9 heteroatoms. The van der Waals surface area contributed by atoms with Crippen molar-refractivity contribution >= 4 is 27.6 Å². The Labute approximate surface area is 107 Å². The second-order valence-corrected chi connectivity index (χ2v) is 4.05. The second-order valence-electron chi connectivity index (χ2n) is 3.20. The van der Waals surface area contributed by atoms with E-state index < -0.39 is 29.7 Å². The Kier molecular flexibility index (Phi) is 4.07. The second kappa shape index (κ2) is 5.02. The van der Waals surface area contributed by atoms with E-state index in [2.05, 4.69) is 20.7 Å². The lowest BCUT2D eigenvalue weighted by molar-refractivity contribution is -0.274. The van der Waals surface area contributed by atoms with Gasteiger partial charge in [0.25, 0.3) is 0 Å². The van der Waals surface area contributed by atoms with Gasteiger partial charge in [-0.2, -0.15) is 0 Å². The Balaban J connectivity index is 3.22. The van der Waals surface area contributed by atoms with E-state index >= 15 is 0 Å². The summed E-state index contributed by atoms with van der Waals surface area (Å²) in [5, 5.41) is 17.9. The summed E-state index contributed by atoms with van der Waals surface area (Å²) < 4.78 is 39.7. The van der Waals surface area contributed by atoms with Crippen molar-refractivity contribution in [3.8, 4) is 5.75 Å². The SMILES string of the molecule is Nc1c(Br)cc(OC(F)(F)F)cc1C(O)C(=O)O. The lowest BCUT2D eigenvalue weighted by Crippen LogP contribution is -2.18. The highest BCUT2D eigenvalue weighted by Crippen LogP contribution is 2.35. The van der Waals surface area contributed by atoms with Gasteiger partial charge in [-0.1, -0.05) is 0 Å². The van der Waals surface area contributed by atoms with E-state index in [1.54, 1.807) is 0 Å². The third kappa shape index (κ3) is 3.50. The lowest BCUT2D eigenvalue weighted by Gasteiger charge is -2.15. The van der Waals surface area contributed by atoms with Gasteiger partial charge in [0.15, 0.2) is 6.10 Å². The van der Waals surface area contributed by atoms with Crippen molar-refractivity contribution < 1.29 is 32.9 Å². The first-order chi connectivity index (χ1) is 8.11. The van der Waals surface area contributed by atoms with Crippen LogP contribution in [-0.2, 0) is 4.79 Å². The Hall–Kier alpha value is -1.48. The fraction of sp³-hybridized carbons (Fsp3) is 0.222. The standard InChI is InChI=1S/C9H7BrF3NO4/c10-5-2-3(18-9(11,12)13)1-4(6(5)14)7(15)8(16)17/h1-2,7,15H,14H2,(H,16,17). The van der Waals surface area contributed by atoms with E-state index in [0.717, 1.165) is 6.07 Å². The maximum absolute atomic E-state index is 12.0. The molecule has 0 amide bonds. The van der Waals surface area contributed by atoms with Crippen molar-refractivity contribution in [2.45, 2.75) is 12.5 Å². The van der Waals surface area contributed by atoms with Gasteiger partial charge in [0.1, 0.15) is 5.75 Å². The molecule has 0 aliphatic rings. The number of hydrogen-bond donors (Lipinski definition) is 3. The summed E-state index contributed by atoms with van der Waals surface area (Å²) >= 11 is 2.85. The minimum atomic E-state index is -4.93. The predicted octanol–water partition coefficient (Wildman–Crippen LogP) is 2.05. The summed E-state index contributed by atoms with van der Waals surface area (Å²) in [7, 11) is 0. The van der Waals surface area contributed by atoms with Crippen LogP contribution < -0.4 is 10.5 Å². The van der Waals surface area contributed by atoms with Gasteiger partial charge >= 0.3 is 12.3 Å². The number of alkyl halides is 3. The average Bonchev–Trinajstić information content (AvgIpc) is 2.19. The lowest BCUT2D eigenvalue weighted by atomic mass is 10.1. The number of nitrogen functional groups attached to an aromatic ring is 1. The summed E-state index contributed by atoms with van der Waals surface area (Å²) in [6, 6.07) is 1.63. The van der Waals surface area contributed by atoms with E-state index in [-0.39, 0.29) is 10.2 Å². The molecule has 0 aliphatic carbocycles. The molecule has 1 aromatic rings. The van der Waals surface area contributed by atoms with Gasteiger partial charge in [-0.05, 0) is 28.1 Å². The molecular weight excluding hydrogens is 323 g/mol. The van der Waals surface area contributed by atoms with Gasteiger partial charge in [0.05, 0.1) is 5.69 Å². The van der Waals surface area contributed by atoms with Gasteiger partial charge in [0.2, 0.25) is 0 Å². The molecule has 0 saturated heterocycles. The number of carboxylic acid groups (broad SMARTS) is 1. The van der Waals surface area contributed by atoms with Crippen LogP contribution in [0.2, 0.25) is 0 Å². The third-order valence-electron chi connectivity index (χ3n) is 1.90. The molecule has 0 aliphatic heterocycles. The molecular formula is C9H7BrF3NO4. The summed E-state index contributed by atoms with van der Waals surface area (Å²) in [6.45, 7) is 0. The van der Waals surface area contributed by atoms with Crippen LogP contribution in [0.25, 0.3) is 0 Å². The van der Waals surface area contributed by atoms with Crippen molar-refractivity contribution in [1.82, 2.24) is 0 Å². The molecule has 0 bridgehead atoms. The fourth-order valence-electron chi connectivity index (χ4n) is 1.17. The molecule has 0 saturated carbocycles. The van der Waals surface area contributed by atoms with Crippen LogP contribution in [0.1, 0.15) is 11.7 Å². The fourth-order valence-corrected chi connectivity index (χ4v) is 1.62. The molecule has 1 unspecified atom stereocenters. The Bertz CT molecular complexity index is 478. The van der Waals surface area contributed by atoms with E-state index in [1.807, 2.05) is 0 Å². The van der Waals surface area contributed by atoms with Gasteiger partial charge in [-0.15, -0.1) is 13.2 Å². The van der Waals surface area contributed by atoms with Crippen LogP contribution in [0.15, 0.2) is 16.6 Å². The van der Waals surface area contributed by atoms with Crippen LogP contribution in [0.5, 0.6) is 5.75 Å². The minimum absolute atomic E-state index is 0.0143. The molecule has 0 heterocycles. The van der Waals surface area contributed by atoms with Gasteiger partial charge in [-0.3, -0.25) is 0 Å². The summed E-state index contributed by atoms with van der Waals surface area (Å²) in [6.07, 6.45) is -6.97. The number of anilines is 1. The quantitative estimate of drug-likeness (QED) is 0.738. The van der Waals surface area contributed by atoms with E-state index in [1.165, 1.54) is 0 Å². The molecule has 0 fully saturated rings. The summed E-state index contributed by atoms with van der Waals surface area (Å²) in [5.41, 5.74) is 4.87. The van der Waals surface area contributed by atoms with Crippen molar-refractivity contribution in [1.29, 1.82) is 0 Å². The average molecular weight is 330 g/mol. The smallest absolute Gasteiger partial charge is 0.479 e. The molecule has 4 N–H and O–H groups in total. The zero-order chi connectivity index (χ0) is 14.1. The molecule has 5 nitrogen and oxygen atoms in total. The zero-order valence-electron chi connectivity index (χ0n) is 8.53. The molecule has 1 rings (SSSR count). The number of hydrogen-bond acceptors (Lipinski definition) is 4. The predicted molar refractivity (Wildman–Crippen MR) is 57.8 cm³/mol. The van der Waals surface area contributed by atoms with E-state index in [4.69, 9.17) is 10.8 Å². The highest BCUT2D eigenvalue weighted by molar-refractivity contribution is 9.10. The molecule has 0 aromatic heterocycles. The number of halogens is 4. The highest BCUT2D eigenvalue weighted by atomic mass is 79.9. The first kappa shape index (κ1) is 14.6. The van der Waals surface area contributed by atoms with Crippen molar-refractivity contribution in [2.75, 3.05) is 5.73 Å².